The Morgan fingerprint density at radius 3 is 2.67 bits per heavy atom. The average molecular weight is 244 g/mol. The molecule has 1 N–H and O–H groups in total. The van der Waals surface area contributed by atoms with Gasteiger partial charge in [0.2, 0.25) is 10.0 Å². The third-order valence-corrected chi connectivity index (χ3v) is 2.52. The summed E-state index contributed by atoms with van der Waals surface area (Å²) in [5, 5.41) is 0.560. The minimum Gasteiger partial charge on any atom is -0.213 e. The molecule has 0 aliphatic rings. The SMILES string of the molecule is CS(=O)(=O)NCC#Cc1ccccc1Cl. The fraction of sp³-hybridized carbons (Fsp3) is 0.200. The van der Waals surface area contributed by atoms with Crippen LogP contribution in [0.3, 0.4) is 0 Å². The molecule has 1 aromatic rings. The number of hydrogen-bond acceptors (Lipinski definition) is 2. The molecule has 0 heterocycles. The zero-order valence-electron chi connectivity index (χ0n) is 8.12. The molecule has 0 bridgehead atoms. The molecule has 3 nitrogen and oxygen atoms in total. The summed E-state index contributed by atoms with van der Waals surface area (Å²) in [6, 6.07) is 7.13. The zero-order chi connectivity index (χ0) is 11.3. The third kappa shape index (κ3) is 4.84. The fourth-order valence-electron chi connectivity index (χ4n) is 0.869. The molecule has 0 unspecified atom stereocenters. The number of halogens is 1. The first-order chi connectivity index (χ1) is 6.99. The van der Waals surface area contributed by atoms with E-state index in [9.17, 15) is 8.42 Å². The first-order valence-corrected chi connectivity index (χ1v) is 6.44. The van der Waals surface area contributed by atoms with Gasteiger partial charge in [-0.05, 0) is 12.1 Å². The van der Waals surface area contributed by atoms with E-state index in [2.05, 4.69) is 16.6 Å². The van der Waals surface area contributed by atoms with E-state index in [1.807, 2.05) is 12.1 Å². The largest absolute Gasteiger partial charge is 0.213 e. The average Bonchev–Trinajstić information content (AvgIpc) is 2.13. The van der Waals surface area contributed by atoms with Gasteiger partial charge in [-0.15, -0.1) is 0 Å². The molecule has 5 heteroatoms. The quantitative estimate of drug-likeness (QED) is 0.795. The van der Waals surface area contributed by atoms with Crippen molar-refractivity contribution in [3.63, 3.8) is 0 Å². The minimum absolute atomic E-state index is 0.0874. The van der Waals surface area contributed by atoms with Gasteiger partial charge in [0, 0.05) is 5.56 Å². The van der Waals surface area contributed by atoms with Crippen LogP contribution in [0.2, 0.25) is 5.02 Å². The zero-order valence-corrected chi connectivity index (χ0v) is 9.69. The second-order valence-electron chi connectivity index (χ2n) is 2.87. The summed E-state index contributed by atoms with van der Waals surface area (Å²) >= 11 is 5.85. The Morgan fingerprint density at radius 1 is 1.40 bits per heavy atom. The number of benzene rings is 1. The number of sulfonamides is 1. The molecule has 1 rings (SSSR count). The maximum absolute atomic E-state index is 10.7. The van der Waals surface area contributed by atoms with Crippen LogP contribution in [0, 0.1) is 11.8 Å². The molecule has 80 valence electrons. The summed E-state index contributed by atoms with van der Waals surface area (Å²) in [5.74, 6) is 5.45. The van der Waals surface area contributed by atoms with E-state index in [1.165, 1.54) is 0 Å². The van der Waals surface area contributed by atoms with Gasteiger partial charge in [0.15, 0.2) is 0 Å². The van der Waals surface area contributed by atoms with Crippen LogP contribution in [0.5, 0.6) is 0 Å². The van der Waals surface area contributed by atoms with Crippen LogP contribution in [0.15, 0.2) is 24.3 Å². The van der Waals surface area contributed by atoms with Crippen LogP contribution in [0.1, 0.15) is 5.56 Å². The molecule has 0 aromatic heterocycles. The van der Waals surface area contributed by atoms with Gasteiger partial charge in [-0.2, -0.15) is 0 Å². The van der Waals surface area contributed by atoms with Gasteiger partial charge < -0.3 is 0 Å². The Kier molecular flexibility index (Phi) is 4.15. The van der Waals surface area contributed by atoms with E-state index in [0.717, 1.165) is 6.26 Å². The van der Waals surface area contributed by atoms with Gasteiger partial charge in [0.1, 0.15) is 0 Å². The monoisotopic (exact) mass is 243 g/mol. The van der Waals surface area contributed by atoms with Crippen molar-refractivity contribution in [2.45, 2.75) is 0 Å². The molecule has 0 amide bonds. The first-order valence-electron chi connectivity index (χ1n) is 4.17. The van der Waals surface area contributed by atoms with Crippen molar-refractivity contribution in [1.29, 1.82) is 0 Å². The molecule has 15 heavy (non-hydrogen) atoms. The molecule has 0 aliphatic carbocycles. The Bertz CT molecular complexity index is 500. The summed E-state index contributed by atoms with van der Waals surface area (Å²) in [6.07, 6.45) is 1.09. The highest BCUT2D eigenvalue weighted by Crippen LogP contribution is 2.12. The van der Waals surface area contributed by atoms with E-state index >= 15 is 0 Å². The van der Waals surface area contributed by atoms with Crippen molar-refractivity contribution in [3.8, 4) is 11.8 Å². The number of rotatable bonds is 2. The van der Waals surface area contributed by atoms with Gasteiger partial charge in [0.25, 0.3) is 0 Å². The van der Waals surface area contributed by atoms with Crippen molar-refractivity contribution in [2.75, 3.05) is 12.8 Å². The van der Waals surface area contributed by atoms with Gasteiger partial charge in [-0.25, -0.2) is 13.1 Å². The van der Waals surface area contributed by atoms with Crippen molar-refractivity contribution >= 4 is 21.6 Å². The van der Waals surface area contributed by atoms with Gasteiger partial charge in [-0.1, -0.05) is 35.6 Å². The third-order valence-electron chi connectivity index (χ3n) is 1.52. The highest BCUT2D eigenvalue weighted by atomic mass is 35.5. The Labute approximate surface area is 94.5 Å². The molecule has 0 aliphatic heterocycles. The van der Waals surface area contributed by atoms with E-state index in [-0.39, 0.29) is 6.54 Å². The lowest BCUT2D eigenvalue weighted by Gasteiger charge is -1.94. The number of hydrogen-bond donors (Lipinski definition) is 1. The molecular formula is C10H10ClNO2S. The van der Waals surface area contributed by atoms with Crippen molar-refractivity contribution < 1.29 is 8.42 Å². The number of nitrogens with one attached hydrogen (secondary N) is 1. The van der Waals surface area contributed by atoms with Crippen LogP contribution in [-0.2, 0) is 10.0 Å². The standard InChI is InChI=1S/C10H10ClNO2S/c1-15(13,14)12-8-4-6-9-5-2-3-7-10(9)11/h2-3,5,7,12H,8H2,1H3. The lowest BCUT2D eigenvalue weighted by molar-refractivity contribution is 0.592. The maximum atomic E-state index is 10.7. The van der Waals surface area contributed by atoms with Crippen molar-refractivity contribution in [1.82, 2.24) is 4.72 Å². The van der Waals surface area contributed by atoms with Crippen LogP contribution < -0.4 is 4.72 Å². The second-order valence-corrected chi connectivity index (χ2v) is 5.12. The molecule has 0 atom stereocenters. The summed E-state index contributed by atoms with van der Waals surface area (Å²) in [4.78, 5) is 0. The molecule has 0 saturated heterocycles. The molecular weight excluding hydrogens is 234 g/mol. The summed E-state index contributed by atoms with van der Waals surface area (Å²) in [6.45, 7) is 0.0874. The molecule has 0 saturated carbocycles. The summed E-state index contributed by atoms with van der Waals surface area (Å²) in [5.41, 5.74) is 0.689. The molecule has 0 spiro atoms. The highest BCUT2D eigenvalue weighted by Gasteiger charge is 1.96. The van der Waals surface area contributed by atoms with Crippen LogP contribution in [0.4, 0.5) is 0 Å². The van der Waals surface area contributed by atoms with E-state index in [0.29, 0.717) is 10.6 Å². The predicted octanol–water partition coefficient (Wildman–Crippen LogP) is 1.24. The Balaban J connectivity index is 2.64. The lowest BCUT2D eigenvalue weighted by atomic mass is 10.2. The van der Waals surface area contributed by atoms with E-state index in [1.54, 1.807) is 12.1 Å². The van der Waals surface area contributed by atoms with Crippen molar-refractivity contribution in [3.05, 3.63) is 34.9 Å². The maximum Gasteiger partial charge on any atom is 0.209 e. The molecule has 1 aromatic carbocycles. The molecule has 0 radical (unpaired) electrons. The Morgan fingerprint density at radius 2 is 2.07 bits per heavy atom. The van der Waals surface area contributed by atoms with Crippen LogP contribution in [-0.4, -0.2) is 21.2 Å². The fourth-order valence-corrected chi connectivity index (χ4v) is 1.39. The van der Waals surface area contributed by atoms with Crippen LogP contribution >= 0.6 is 11.6 Å². The normalized spacial score (nSPS) is 10.5. The van der Waals surface area contributed by atoms with E-state index < -0.39 is 10.0 Å². The topological polar surface area (TPSA) is 46.2 Å². The first kappa shape index (κ1) is 12.1. The second kappa shape index (κ2) is 5.17. The van der Waals surface area contributed by atoms with Gasteiger partial charge >= 0.3 is 0 Å². The summed E-state index contributed by atoms with van der Waals surface area (Å²) < 4.78 is 23.7. The van der Waals surface area contributed by atoms with Crippen LogP contribution in [0.25, 0.3) is 0 Å². The highest BCUT2D eigenvalue weighted by molar-refractivity contribution is 7.88. The van der Waals surface area contributed by atoms with Gasteiger partial charge in [-0.3, -0.25) is 0 Å². The summed E-state index contributed by atoms with van der Waals surface area (Å²) in [7, 11) is -3.17. The Hall–Kier alpha value is -1.02. The van der Waals surface area contributed by atoms with E-state index in [4.69, 9.17) is 11.6 Å². The molecule has 0 fully saturated rings. The smallest absolute Gasteiger partial charge is 0.209 e. The van der Waals surface area contributed by atoms with Crippen molar-refractivity contribution in [2.24, 2.45) is 0 Å². The van der Waals surface area contributed by atoms with Gasteiger partial charge in [0.05, 0.1) is 17.8 Å². The lowest BCUT2D eigenvalue weighted by Crippen LogP contribution is -2.21. The predicted molar refractivity (Wildman–Crippen MR) is 61.2 cm³/mol. The minimum atomic E-state index is -3.17.